The molecule has 9 heteroatoms. The van der Waals surface area contributed by atoms with E-state index in [2.05, 4.69) is 0 Å². The van der Waals surface area contributed by atoms with E-state index in [0.717, 1.165) is 11.1 Å². The van der Waals surface area contributed by atoms with Crippen molar-refractivity contribution in [2.75, 3.05) is 6.54 Å². The lowest BCUT2D eigenvalue weighted by Crippen LogP contribution is -2.40. The minimum atomic E-state index is -0.302. The molecule has 42 heavy (non-hydrogen) atoms. The number of aromatic nitrogens is 2. The van der Waals surface area contributed by atoms with E-state index >= 15 is 0 Å². The molecule has 2 heterocycles. The number of benzene rings is 3. The second-order valence-electron chi connectivity index (χ2n) is 10.4. The summed E-state index contributed by atoms with van der Waals surface area (Å²) in [5, 5.41) is 0.835. The first-order valence-electron chi connectivity index (χ1n) is 13.8. The summed E-state index contributed by atoms with van der Waals surface area (Å²) in [5.41, 5.74) is 2.87. The minimum absolute atomic E-state index is 0.00439. The molecule has 1 aliphatic rings. The van der Waals surface area contributed by atoms with Gasteiger partial charge in [0.25, 0.3) is 0 Å². The van der Waals surface area contributed by atoms with Crippen molar-refractivity contribution in [3.8, 4) is 11.4 Å². The van der Waals surface area contributed by atoms with Crippen LogP contribution in [0.25, 0.3) is 11.8 Å². The van der Waals surface area contributed by atoms with Gasteiger partial charge in [-0.05, 0) is 73.9 Å². The van der Waals surface area contributed by atoms with Gasteiger partial charge in [-0.15, -0.1) is 0 Å². The van der Waals surface area contributed by atoms with Crippen molar-refractivity contribution in [2.45, 2.75) is 45.9 Å². The Bertz CT molecular complexity index is 1690. The van der Waals surface area contributed by atoms with Crippen molar-refractivity contribution in [1.82, 2.24) is 14.0 Å². The van der Waals surface area contributed by atoms with Gasteiger partial charge < -0.3 is 9.64 Å². The molecule has 0 radical (unpaired) electrons. The fourth-order valence-corrected chi connectivity index (χ4v) is 5.34. The van der Waals surface area contributed by atoms with Crippen molar-refractivity contribution in [2.24, 2.45) is 0 Å². The number of ketones is 1. The Kier molecular flexibility index (Phi) is 9.00. The maximum Gasteiger partial charge on any atom is 0.333 e. The summed E-state index contributed by atoms with van der Waals surface area (Å²) in [6, 6.07) is 22.0. The summed E-state index contributed by atoms with van der Waals surface area (Å²) >= 11 is 12.1. The second-order valence-corrected chi connectivity index (χ2v) is 11.2. The van der Waals surface area contributed by atoms with Crippen LogP contribution in [0.2, 0.25) is 10.0 Å². The van der Waals surface area contributed by atoms with E-state index in [4.69, 9.17) is 27.9 Å². The molecule has 0 aliphatic carbocycles. The number of imidazole rings is 1. The van der Waals surface area contributed by atoms with Crippen molar-refractivity contribution >= 4 is 41.0 Å². The number of amides is 1. The molecule has 3 aromatic carbocycles. The zero-order valence-corrected chi connectivity index (χ0v) is 24.9. The molecule has 5 rings (SSSR count). The fourth-order valence-electron chi connectivity index (χ4n) is 5.03. The van der Waals surface area contributed by atoms with Crippen LogP contribution in [0.3, 0.4) is 0 Å². The zero-order chi connectivity index (χ0) is 29.8. The van der Waals surface area contributed by atoms with Gasteiger partial charge in [0, 0.05) is 25.6 Å². The fraction of sp³-hybridized carbons (Fsp3) is 0.242. The van der Waals surface area contributed by atoms with Crippen LogP contribution in [0.5, 0.6) is 5.75 Å². The van der Waals surface area contributed by atoms with Crippen LogP contribution in [-0.4, -0.2) is 38.4 Å². The molecule has 0 saturated carbocycles. The Morgan fingerprint density at radius 1 is 0.952 bits per heavy atom. The zero-order valence-electron chi connectivity index (χ0n) is 23.4. The Hall–Kier alpha value is -4.07. The van der Waals surface area contributed by atoms with E-state index in [1.807, 2.05) is 44.2 Å². The Balaban J connectivity index is 1.47. The molecule has 1 aromatic heterocycles. The van der Waals surface area contributed by atoms with E-state index in [1.54, 1.807) is 58.0 Å². The summed E-state index contributed by atoms with van der Waals surface area (Å²) in [4.78, 5) is 42.4. The molecule has 0 spiro atoms. The lowest BCUT2D eigenvalue weighted by Gasteiger charge is -2.27. The highest BCUT2D eigenvalue weighted by Crippen LogP contribution is 2.25. The highest BCUT2D eigenvalue weighted by atomic mass is 35.5. The Labute approximate surface area is 254 Å². The molecule has 0 saturated heterocycles. The van der Waals surface area contributed by atoms with Crippen LogP contribution in [0.15, 0.2) is 83.7 Å². The molecule has 0 unspecified atom stereocenters. The van der Waals surface area contributed by atoms with Gasteiger partial charge in [0.15, 0.2) is 5.78 Å². The number of aryl methyl sites for hydroxylation is 1. The monoisotopic (exact) mass is 603 g/mol. The number of nitrogens with zero attached hydrogens (tertiary/aromatic N) is 3. The highest BCUT2D eigenvalue weighted by Gasteiger charge is 2.31. The van der Waals surface area contributed by atoms with Gasteiger partial charge in [-0.1, -0.05) is 59.6 Å². The highest BCUT2D eigenvalue weighted by molar-refractivity contribution is 6.42. The van der Waals surface area contributed by atoms with Gasteiger partial charge in [0.05, 0.1) is 34.1 Å². The number of carbonyl (C=O) groups is 2. The van der Waals surface area contributed by atoms with Crippen LogP contribution in [0.4, 0.5) is 0 Å². The number of hydrogen-bond acceptors (Lipinski definition) is 4. The molecule has 1 amide bonds. The molecular formula is C33H31Cl2N3O4. The van der Waals surface area contributed by atoms with Crippen molar-refractivity contribution in [3.05, 3.63) is 122 Å². The van der Waals surface area contributed by atoms with Crippen LogP contribution >= 0.6 is 23.2 Å². The maximum atomic E-state index is 13.8. The molecular weight excluding hydrogens is 573 g/mol. The predicted octanol–water partition coefficient (Wildman–Crippen LogP) is 6.60. The summed E-state index contributed by atoms with van der Waals surface area (Å²) in [6.45, 7) is 4.63. The average Bonchev–Trinajstić information content (AvgIpc) is 3.28. The van der Waals surface area contributed by atoms with Crippen LogP contribution in [-0.2, 0) is 24.3 Å². The molecule has 1 aliphatic heterocycles. The first-order chi connectivity index (χ1) is 20.2. The molecule has 4 aromatic rings. The molecule has 0 N–H and O–H groups in total. The van der Waals surface area contributed by atoms with E-state index in [0.29, 0.717) is 45.8 Å². The van der Waals surface area contributed by atoms with E-state index in [9.17, 15) is 14.4 Å². The number of fused-ring (bicyclic) bond motifs is 1. The number of rotatable bonds is 9. The number of ether oxygens (including phenoxy) is 1. The number of Topliss-reactive ketones (excluding diaryl/α,β-unsaturated/α-hetero) is 1. The van der Waals surface area contributed by atoms with Crippen LogP contribution in [0, 0.1) is 0 Å². The van der Waals surface area contributed by atoms with Gasteiger partial charge >= 0.3 is 5.69 Å². The second kappa shape index (κ2) is 12.8. The topological polar surface area (TPSA) is 73.5 Å². The normalized spacial score (nSPS) is 13.0. The standard InChI is InChI=1S/C33H31Cl2N3O4/c1-22(2)42-26-13-11-25(12-14-26)38-32(30(39)16-9-23-6-4-3-5-7-23)29-21-36(18-19-37(29)33(38)41)31(40)17-10-24-8-15-27(34)28(35)20-24/h3-8,10-15,17,20,22H,9,16,18-19,21H2,1-2H3/b17-10+. The Morgan fingerprint density at radius 3 is 2.38 bits per heavy atom. The van der Waals surface area contributed by atoms with E-state index in [-0.39, 0.29) is 43.0 Å². The van der Waals surface area contributed by atoms with Gasteiger partial charge in [0.2, 0.25) is 5.91 Å². The smallest absolute Gasteiger partial charge is 0.333 e. The van der Waals surface area contributed by atoms with Crippen molar-refractivity contribution in [1.29, 1.82) is 0 Å². The third-order valence-electron chi connectivity index (χ3n) is 7.07. The average molecular weight is 605 g/mol. The summed E-state index contributed by atoms with van der Waals surface area (Å²) in [7, 11) is 0. The number of carbonyl (C=O) groups excluding carboxylic acids is 2. The molecule has 0 atom stereocenters. The quantitative estimate of drug-likeness (QED) is 0.159. The largest absolute Gasteiger partial charge is 0.491 e. The van der Waals surface area contributed by atoms with Gasteiger partial charge in [-0.3, -0.25) is 18.7 Å². The van der Waals surface area contributed by atoms with E-state index < -0.39 is 0 Å². The predicted molar refractivity (Wildman–Crippen MR) is 166 cm³/mol. The maximum absolute atomic E-state index is 13.8. The van der Waals surface area contributed by atoms with Crippen LogP contribution < -0.4 is 10.4 Å². The van der Waals surface area contributed by atoms with E-state index in [1.165, 1.54) is 10.6 Å². The molecule has 7 nitrogen and oxygen atoms in total. The summed E-state index contributed by atoms with van der Waals surface area (Å²) in [6.07, 6.45) is 3.90. The molecule has 0 bridgehead atoms. The van der Waals surface area contributed by atoms with Crippen molar-refractivity contribution in [3.63, 3.8) is 0 Å². The van der Waals surface area contributed by atoms with Gasteiger partial charge in [-0.2, -0.15) is 0 Å². The van der Waals surface area contributed by atoms with Crippen molar-refractivity contribution < 1.29 is 14.3 Å². The van der Waals surface area contributed by atoms with Gasteiger partial charge in [0.1, 0.15) is 11.4 Å². The minimum Gasteiger partial charge on any atom is -0.491 e. The molecule has 0 fully saturated rings. The number of hydrogen-bond donors (Lipinski definition) is 0. The summed E-state index contributed by atoms with van der Waals surface area (Å²) < 4.78 is 8.85. The lowest BCUT2D eigenvalue weighted by atomic mass is 10.0. The Morgan fingerprint density at radius 2 is 1.69 bits per heavy atom. The summed E-state index contributed by atoms with van der Waals surface area (Å²) in [5.74, 6) is 0.284. The third kappa shape index (κ3) is 6.53. The first-order valence-corrected chi connectivity index (χ1v) is 14.6. The SMILES string of the molecule is CC(C)Oc1ccc(-n2c(C(=O)CCc3ccccc3)c3n(c2=O)CCN(C(=O)/C=C/c2ccc(Cl)c(Cl)c2)C3)cc1. The first kappa shape index (κ1) is 29.4. The van der Waals surface area contributed by atoms with Crippen LogP contribution in [0.1, 0.15) is 47.6 Å². The molecule has 216 valence electrons. The lowest BCUT2D eigenvalue weighted by molar-refractivity contribution is -0.127. The van der Waals surface area contributed by atoms with Gasteiger partial charge in [-0.25, -0.2) is 4.79 Å². The number of halogens is 2. The third-order valence-corrected chi connectivity index (χ3v) is 7.81.